The number of rotatable bonds is 5. The maximum atomic E-state index is 5.63. The third-order valence-corrected chi connectivity index (χ3v) is 5.94. The van der Waals surface area contributed by atoms with E-state index in [1.54, 1.807) is 0 Å². The molecule has 1 rings (SSSR count). The van der Waals surface area contributed by atoms with E-state index in [1.807, 2.05) is 0 Å². The van der Waals surface area contributed by atoms with Crippen molar-refractivity contribution in [2.75, 3.05) is 6.54 Å². The van der Waals surface area contributed by atoms with Crippen LogP contribution in [-0.4, -0.2) is 6.54 Å². The van der Waals surface area contributed by atoms with Crippen molar-refractivity contribution in [2.24, 2.45) is 17.6 Å². The van der Waals surface area contributed by atoms with Gasteiger partial charge in [-0.3, -0.25) is 0 Å². The largest absolute Gasteiger partial charge is 0.330 e. The number of unbranched alkanes of at least 4 members (excludes halogenated alkanes) is 2. The normalized spacial score (nSPS) is 26.9. The first-order valence-electron chi connectivity index (χ1n) is 11.0. The van der Waals surface area contributed by atoms with E-state index in [-0.39, 0.29) is 0 Å². The average Bonchev–Trinajstić information content (AvgIpc) is 2.54. The Labute approximate surface area is 147 Å². The summed E-state index contributed by atoms with van der Waals surface area (Å²) in [5.41, 5.74) is 5.63. The molecule has 0 heterocycles. The van der Waals surface area contributed by atoms with Gasteiger partial charge in [0.25, 0.3) is 0 Å². The van der Waals surface area contributed by atoms with Gasteiger partial charge in [-0.25, -0.2) is 0 Å². The van der Waals surface area contributed by atoms with Gasteiger partial charge in [-0.2, -0.15) is 0 Å². The smallest absolute Gasteiger partial charge is 0.00773 e. The standard InChI is InChI=1S/C22H45N/c1-21-15-10-7-5-3-2-4-6-8-11-17-22(19-14-16-21)18-12-9-13-20-23/h21-22H,2-20,23H2,1H3. The molecule has 0 radical (unpaired) electrons. The second-order valence-electron chi connectivity index (χ2n) is 8.30. The highest BCUT2D eigenvalue weighted by atomic mass is 14.5. The van der Waals surface area contributed by atoms with Crippen LogP contribution in [0.25, 0.3) is 0 Å². The molecule has 0 amide bonds. The van der Waals surface area contributed by atoms with Crippen LogP contribution in [0.15, 0.2) is 0 Å². The van der Waals surface area contributed by atoms with Crippen LogP contribution in [0.1, 0.15) is 122 Å². The number of hydrogen-bond donors (Lipinski definition) is 1. The monoisotopic (exact) mass is 323 g/mol. The van der Waals surface area contributed by atoms with Crippen molar-refractivity contribution in [1.29, 1.82) is 0 Å². The molecule has 2 atom stereocenters. The Hall–Kier alpha value is -0.0400. The van der Waals surface area contributed by atoms with Gasteiger partial charge in [0, 0.05) is 0 Å². The first kappa shape index (κ1) is 21.0. The van der Waals surface area contributed by atoms with Gasteiger partial charge < -0.3 is 5.73 Å². The Kier molecular flexibility index (Phi) is 14.1. The van der Waals surface area contributed by atoms with Crippen molar-refractivity contribution < 1.29 is 0 Å². The fourth-order valence-electron chi connectivity index (χ4n) is 4.25. The third kappa shape index (κ3) is 13.0. The molecule has 1 aliphatic rings. The van der Waals surface area contributed by atoms with Crippen LogP contribution in [0.4, 0.5) is 0 Å². The predicted octanol–water partition coefficient (Wildman–Crippen LogP) is 7.23. The zero-order valence-corrected chi connectivity index (χ0v) is 16.2. The van der Waals surface area contributed by atoms with Gasteiger partial charge in [-0.05, 0) is 24.8 Å². The van der Waals surface area contributed by atoms with Gasteiger partial charge in [0.1, 0.15) is 0 Å². The second kappa shape index (κ2) is 15.5. The molecule has 1 fully saturated rings. The highest BCUT2D eigenvalue weighted by Crippen LogP contribution is 2.26. The van der Waals surface area contributed by atoms with E-state index in [1.165, 1.54) is 116 Å². The van der Waals surface area contributed by atoms with Crippen LogP contribution in [0.3, 0.4) is 0 Å². The first-order chi connectivity index (χ1) is 11.3. The first-order valence-corrected chi connectivity index (χ1v) is 11.0. The second-order valence-corrected chi connectivity index (χ2v) is 8.30. The van der Waals surface area contributed by atoms with Crippen molar-refractivity contribution in [3.63, 3.8) is 0 Å². The summed E-state index contributed by atoms with van der Waals surface area (Å²) in [7, 11) is 0. The average molecular weight is 324 g/mol. The summed E-state index contributed by atoms with van der Waals surface area (Å²) in [5.74, 6) is 1.97. The molecule has 1 nitrogen and oxygen atoms in total. The Bertz CT molecular complexity index is 238. The summed E-state index contributed by atoms with van der Waals surface area (Å²) in [6, 6.07) is 0. The zero-order chi connectivity index (χ0) is 16.6. The van der Waals surface area contributed by atoms with Crippen LogP contribution in [0, 0.1) is 11.8 Å². The van der Waals surface area contributed by atoms with Crippen molar-refractivity contribution in [3.05, 3.63) is 0 Å². The lowest BCUT2D eigenvalue weighted by molar-refractivity contribution is 0.347. The highest BCUT2D eigenvalue weighted by molar-refractivity contribution is 4.64. The van der Waals surface area contributed by atoms with E-state index < -0.39 is 0 Å². The molecule has 0 saturated heterocycles. The van der Waals surface area contributed by atoms with Crippen LogP contribution >= 0.6 is 0 Å². The SMILES string of the molecule is CC1CCCCCCCCCCCC(CCCCCN)CCC1. The summed E-state index contributed by atoms with van der Waals surface area (Å²) >= 11 is 0. The molecular weight excluding hydrogens is 278 g/mol. The van der Waals surface area contributed by atoms with Gasteiger partial charge in [0.05, 0.1) is 0 Å². The van der Waals surface area contributed by atoms with E-state index in [2.05, 4.69) is 6.92 Å². The number of nitrogens with two attached hydrogens (primary N) is 1. The lowest BCUT2D eigenvalue weighted by atomic mass is 9.87. The van der Waals surface area contributed by atoms with Crippen molar-refractivity contribution in [3.8, 4) is 0 Å². The topological polar surface area (TPSA) is 26.0 Å². The molecule has 2 N–H and O–H groups in total. The Morgan fingerprint density at radius 3 is 1.78 bits per heavy atom. The molecule has 0 aromatic rings. The molecule has 1 aliphatic carbocycles. The highest BCUT2D eigenvalue weighted by Gasteiger charge is 2.10. The summed E-state index contributed by atoms with van der Waals surface area (Å²) < 4.78 is 0. The minimum absolute atomic E-state index is 0.877. The third-order valence-electron chi connectivity index (χ3n) is 5.94. The van der Waals surface area contributed by atoms with E-state index in [9.17, 15) is 0 Å². The molecule has 0 aliphatic heterocycles. The van der Waals surface area contributed by atoms with Crippen LogP contribution in [-0.2, 0) is 0 Å². The van der Waals surface area contributed by atoms with Gasteiger partial charge in [-0.15, -0.1) is 0 Å². The fraction of sp³-hybridized carbons (Fsp3) is 1.00. The molecule has 0 aromatic heterocycles. The summed E-state index contributed by atoms with van der Waals surface area (Å²) in [6.45, 7) is 3.36. The lowest BCUT2D eigenvalue weighted by Crippen LogP contribution is -2.04. The molecule has 0 aromatic carbocycles. The predicted molar refractivity (Wildman–Crippen MR) is 105 cm³/mol. The maximum absolute atomic E-state index is 5.63. The molecule has 1 heteroatoms. The summed E-state index contributed by atoms with van der Waals surface area (Å²) in [6.07, 6.45) is 26.2. The number of hydrogen-bond acceptors (Lipinski definition) is 1. The van der Waals surface area contributed by atoms with E-state index >= 15 is 0 Å². The van der Waals surface area contributed by atoms with Crippen LogP contribution in [0.2, 0.25) is 0 Å². The molecule has 1 saturated carbocycles. The van der Waals surface area contributed by atoms with E-state index in [0.717, 1.165) is 18.4 Å². The van der Waals surface area contributed by atoms with Crippen molar-refractivity contribution in [1.82, 2.24) is 0 Å². The molecule has 0 bridgehead atoms. The molecule has 138 valence electrons. The fourth-order valence-corrected chi connectivity index (χ4v) is 4.25. The molecule has 2 unspecified atom stereocenters. The van der Waals surface area contributed by atoms with Gasteiger partial charge in [-0.1, -0.05) is 116 Å². The van der Waals surface area contributed by atoms with Gasteiger partial charge in [0.2, 0.25) is 0 Å². The van der Waals surface area contributed by atoms with Crippen LogP contribution < -0.4 is 5.73 Å². The zero-order valence-electron chi connectivity index (χ0n) is 16.2. The minimum atomic E-state index is 0.877. The van der Waals surface area contributed by atoms with Crippen LogP contribution in [0.5, 0.6) is 0 Å². The molecule has 0 spiro atoms. The Morgan fingerprint density at radius 2 is 1.13 bits per heavy atom. The minimum Gasteiger partial charge on any atom is -0.330 e. The molecular formula is C22H45N. The Balaban J connectivity index is 2.28. The molecule has 23 heavy (non-hydrogen) atoms. The summed E-state index contributed by atoms with van der Waals surface area (Å²) in [5, 5.41) is 0. The van der Waals surface area contributed by atoms with Gasteiger partial charge >= 0.3 is 0 Å². The quantitative estimate of drug-likeness (QED) is 0.530. The lowest BCUT2D eigenvalue weighted by Gasteiger charge is -2.19. The van der Waals surface area contributed by atoms with E-state index in [0.29, 0.717) is 0 Å². The van der Waals surface area contributed by atoms with Gasteiger partial charge in [0.15, 0.2) is 0 Å². The maximum Gasteiger partial charge on any atom is -0.00773 e. The van der Waals surface area contributed by atoms with Crippen molar-refractivity contribution in [2.45, 2.75) is 122 Å². The summed E-state index contributed by atoms with van der Waals surface area (Å²) in [4.78, 5) is 0. The van der Waals surface area contributed by atoms with E-state index in [4.69, 9.17) is 5.73 Å². The van der Waals surface area contributed by atoms with Crippen molar-refractivity contribution >= 4 is 0 Å². The Morgan fingerprint density at radius 1 is 0.609 bits per heavy atom.